The molecule has 0 unspecified atom stereocenters. The van der Waals surface area contributed by atoms with Crippen molar-refractivity contribution in [3.8, 4) is 0 Å². The predicted octanol–water partition coefficient (Wildman–Crippen LogP) is 1.60. The number of urea groups is 1. The normalized spacial score (nSPS) is 12.1. The summed E-state index contributed by atoms with van der Waals surface area (Å²) >= 11 is 0. The van der Waals surface area contributed by atoms with Crippen LogP contribution in [0.15, 0.2) is 23.4 Å². The maximum Gasteiger partial charge on any atom is 0.405 e. The zero-order valence-electron chi connectivity index (χ0n) is 9.83. The number of anilines is 1. The van der Waals surface area contributed by atoms with Gasteiger partial charge in [-0.1, -0.05) is 5.16 Å². The minimum Gasteiger partial charge on any atom is -0.409 e. The molecule has 0 aliphatic carbocycles. The van der Waals surface area contributed by atoms with Gasteiger partial charge in [-0.25, -0.2) is 9.18 Å². The Kier molecular flexibility index (Phi) is 4.73. The van der Waals surface area contributed by atoms with E-state index >= 15 is 0 Å². The van der Waals surface area contributed by atoms with Gasteiger partial charge in [0.1, 0.15) is 12.4 Å². The first-order chi connectivity index (χ1) is 9.23. The fourth-order valence-corrected chi connectivity index (χ4v) is 1.24. The molecule has 0 aliphatic heterocycles. The summed E-state index contributed by atoms with van der Waals surface area (Å²) in [5.74, 6) is -1.23. The molecule has 20 heavy (non-hydrogen) atoms. The summed E-state index contributed by atoms with van der Waals surface area (Å²) < 4.78 is 48.7. The molecule has 1 aromatic carbocycles. The zero-order chi connectivity index (χ0) is 15.3. The van der Waals surface area contributed by atoms with Gasteiger partial charge in [-0.15, -0.1) is 0 Å². The van der Waals surface area contributed by atoms with Crippen LogP contribution in [-0.4, -0.2) is 29.8 Å². The Bertz CT molecular complexity index is 530. The lowest BCUT2D eigenvalue weighted by Gasteiger charge is -2.12. The molecule has 1 aromatic rings. The first-order valence-electron chi connectivity index (χ1n) is 5.12. The number of nitrogens with one attached hydrogen (secondary N) is 2. The van der Waals surface area contributed by atoms with Gasteiger partial charge >= 0.3 is 12.2 Å². The molecule has 0 aliphatic rings. The van der Waals surface area contributed by atoms with Crippen molar-refractivity contribution >= 4 is 17.6 Å². The number of nitrogens with two attached hydrogens (primary N) is 1. The monoisotopic (exact) mass is 294 g/mol. The molecule has 2 amide bonds. The molecule has 0 atom stereocenters. The quantitative estimate of drug-likeness (QED) is 0.224. The van der Waals surface area contributed by atoms with Crippen LogP contribution in [0.2, 0.25) is 0 Å². The number of nitrogens with zero attached hydrogens (tertiary/aromatic N) is 1. The maximum absolute atomic E-state index is 13.0. The fourth-order valence-electron chi connectivity index (χ4n) is 1.24. The Morgan fingerprint density at radius 3 is 2.60 bits per heavy atom. The van der Waals surface area contributed by atoms with Crippen LogP contribution >= 0.6 is 0 Å². The van der Waals surface area contributed by atoms with Gasteiger partial charge in [0, 0.05) is 5.56 Å². The lowest BCUT2D eigenvalue weighted by Crippen LogP contribution is -2.37. The Hall–Kier alpha value is -2.52. The first kappa shape index (κ1) is 15.5. The summed E-state index contributed by atoms with van der Waals surface area (Å²) in [5.41, 5.74) is 4.98. The van der Waals surface area contributed by atoms with E-state index in [9.17, 15) is 22.4 Å². The average Bonchev–Trinajstić information content (AvgIpc) is 2.37. The topological polar surface area (TPSA) is 99.7 Å². The van der Waals surface area contributed by atoms with E-state index in [-0.39, 0.29) is 11.3 Å². The molecule has 0 radical (unpaired) electrons. The molecule has 5 N–H and O–H groups in total. The summed E-state index contributed by atoms with van der Waals surface area (Å²) in [4.78, 5) is 11.2. The SMILES string of the molecule is N/C(=N/O)c1cc(F)ccc1NC(=O)NCC(F)(F)F. The van der Waals surface area contributed by atoms with Crippen LogP contribution in [0.4, 0.5) is 28.0 Å². The highest BCUT2D eigenvalue weighted by molar-refractivity contribution is 6.05. The van der Waals surface area contributed by atoms with E-state index < -0.39 is 30.4 Å². The third kappa shape index (κ3) is 4.63. The lowest BCUT2D eigenvalue weighted by molar-refractivity contribution is -0.122. The van der Waals surface area contributed by atoms with E-state index in [1.807, 2.05) is 5.32 Å². The molecule has 0 spiro atoms. The van der Waals surface area contributed by atoms with E-state index in [1.165, 1.54) is 0 Å². The number of hydrogen-bond acceptors (Lipinski definition) is 3. The Morgan fingerprint density at radius 2 is 2.05 bits per heavy atom. The highest BCUT2D eigenvalue weighted by atomic mass is 19.4. The van der Waals surface area contributed by atoms with Gasteiger partial charge in [-0.2, -0.15) is 13.2 Å². The number of amidine groups is 1. The molecule has 0 aromatic heterocycles. The van der Waals surface area contributed by atoms with Crippen molar-refractivity contribution in [2.24, 2.45) is 10.9 Å². The molecular weight excluding hydrogens is 284 g/mol. The lowest BCUT2D eigenvalue weighted by atomic mass is 10.1. The van der Waals surface area contributed by atoms with Crippen LogP contribution in [0.5, 0.6) is 0 Å². The van der Waals surface area contributed by atoms with Gasteiger partial charge in [0.15, 0.2) is 5.84 Å². The Balaban J connectivity index is 2.85. The molecule has 1 rings (SSSR count). The van der Waals surface area contributed by atoms with Crippen LogP contribution in [-0.2, 0) is 0 Å². The molecule has 0 fully saturated rings. The highest BCUT2D eigenvalue weighted by Gasteiger charge is 2.27. The summed E-state index contributed by atoms with van der Waals surface area (Å²) in [6, 6.07) is 1.71. The summed E-state index contributed by atoms with van der Waals surface area (Å²) in [6.45, 7) is -1.53. The van der Waals surface area contributed by atoms with Crippen molar-refractivity contribution in [2.75, 3.05) is 11.9 Å². The molecule has 0 saturated heterocycles. The number of rotatable bonds is 3. The van der Waals surface area contributed by atoms with E-state index in [2.05, 4.69) is 5.16 Å². The molecule has 0 saturated carbocycles. The molecule has 6 nitrogen and oxygen atoms in total. The van der Waals surface area contributed by atoms with Gasteiger partial charge < -0.3 is 21.6 Å². The number of alkyl halides is 3. The van der Waals surface area contributed by atoms with Crippen molar-refractivity contribution in [1.82, 2.24) is 5.32 Å². The van der Waals surface area contributed by atoms with Crippen LogP contribution in [0.1, 0.15) is 5.56 Å². The number of carbonyl (C=O) groups excluding carboxylic acids is 1. The highest BCUT2D eigenvalue weighted by Crippen LogP contribution is 2.17. The van der Waals surface area contributed by atoms with Crippen molar-refractivity contribution in [3.63, 3.8) is 0 Å². The maximum atomic E-state index is 13.0. The number of oxime groups is 1. The number of amides is 2. The Morgan fingerprint density at radius 1 is 1.40 bits per heavy atom. The van der Waals surface area contributed by atoms with Crippen LogP contribution in [0.3, 0.4) is 0 Å². The number of hydrogen-bond donors (Lipinski definition) is 4. The Labute approximate surface area is 110 Å². The second kappa shape index (κ2) is 6.08. The number of carbonyl (C=O) groups is 1. The molecular formula is C10H10F4N4O2. The van der Waals surface area contributed by atoms with Crippen molar-refractivity contribution in [3.05, 3.63) is 29.6 Å². The average molecular weight is 294 g/mol. The minimum absolute atomic E-state index is 0.110. The van der Waals surface area contributed by atoms with Crippen LogP contribution in [0.25, 0.3) is 0 Å². The van der Waals surface area contributed by atoms with Gasteiger partial charge in [0.25, 0.3) is 0 Å². The van der Waals surface area contributed by atoms with Crippen molar-refractivity contribution < 1.29 is 27.6 Å². The van der Waals surface area contributed by atoms with E-state index in [0.717, 1.165) is 18.2 Å². The second-order valence-corrected chi connectivity index (χ2v) is 3.60. The molecule has 110 valence electrons. The second-order valence-electron chi connectivity index (χ2n) is 3.60. The summed E-state index contributed by atoms with van der Waals surface area (Å²) in [5, 5.41) is 14.7. The van der Waals surface area contributed by atoms with Gasteiger partial charge in [0.2, 0.25) is 0 Å². The van der Waals surface area contributed by atoms with Crippen LogP contribution in [0, 0.1) is 5.82 Å². The third-order valence-corrected chi connectivity index (χ3v) is 2.06. The standard InChI is InChI=1S/C10H10F4N4O2/c11-5-1-2-7(6(3-5)8(15)18-20)17-9(19)16-4-10(12,13)14/h1-3,20H,4H2,(H2,15,18)(H2,16,17,19). The number of halogens is 4. The summed E-state index contributed by atoms with van der Waals surface area (Å²) in [7, 11) is 0. The van der Waals surface area contributed by atoms with Gasteiger partial charge in [-0.3, -0.25) is 0 Å². The van der Waals surface area contributed by atoms with E-state index in [0.29, 0.717) is 0 Å². The van der Waals surface area contributed by atoms with E-state index in [1.54, 1.807) is 5.32 Å². The van der Waals surface area contributed by atoms with Gasteiger partial charge in [0.05, 0.1) is 5.69 Å². The largest absolute Gasteiger partial charge is 0.409 e. The summed E-state index contributed by atoms with van der Waals surface area (Å²) in [6.07, 6.45) is -4.56. The molecule has 0 heterocycles. The third-order valence-electron chi connectivity index (χ3n) is 2.06. The van der Waals surface area contributed by atoms with Crippen molar-refractivity contribution in [1.29, 1.82) is 0 Å². The van der Waals surface area contributed by atoms with Crippen LogP contribution < -0.4 is 16.4 Å². The van der Waals surface area contributed by atoms with Crippen molar-refractivity contribution in [2.45, 2.75) is 6.18 Å². The predicted molar refractivity (Wildman–Crippen MR) is 62.0 cm³/mol. The molecule has 10 heteroatoms. The minimum atomic E-state index is -4.56. The fraction of sp³-hybridized carbons (Fsp3) is 0.200. The van der Waals surface area contributed by atoms with E-state index in [4.69, 9.17) is 10.9 Å². The first-order valence-corrected chi connectivity index (χ1v) is 5.12. The molecule has 0 bridgehead atoms. The smallest absolute Gasteiger partial charge is 0.405 e. The zero-order valence-corrected chi connectivity index (χ0v) is 9.83. The van der Waals surface area contributed by atoms with Gasteiger partial charge in [-0.05, 0) is 18.2 Å². The number of benzene rings is 1.